The topological polar surface area (TPSA) is 95.5 Å². The third kappa shape index (κ3) is 4.99. The molecule has 1 aromatic heterocycles. The fourth-order valence-corrected chi connectivity index (χ4v) is 5.87. The fraction of sp³-hybridized carbons (Fsp3) is 0.211. The molecule has 2 heterocycles. The van der Waals surface area contributed by atoms with Gasteiger partial charge in [0.25, 0.3) is 15.9 Å². The molecule has 31 heavy (non-hydrogen) atoms. The summed E-state index contributed by atoms with van der Waals surface area (Å²) in [6.45, 7) is 1.67. The lowest BCUT2D eigenvalue weighted by Gasteiger charge is -2.34. The maximum atomic E-state index is 13.0. The van der Waals surface area contributed by atoms with Crippen molar-refractivity contribution in [1.82, 2.24) is 14.5 Å². The monoisotopic (exact) mass is 497 g/mol. The number of sulfonamides is 1. The van der Waals surface area contributed by atoms with Crippen LogP contribution in [0.2, 0.25) is 10.0 Å². The highest BCUT2D eigenvalue weighted by Crippen LogP contribution is 2.26. The van der Waals surface area contributed by atoms with Crippen molar-refractivity contribution in [3.05, 3.63) is 64.1 Å². The second kappa shape index (κ2) is 9.09. The zero-order valence-electron chi connectivity index (χ0n) is 16.0. The maximum Gasteiger partial charge on any atom is 0.272 e. The van der Waals surface area contributed by atoms with Gasteiger partial charge in [-0.2, -0.15) is 4.31 Å². The van der Waals surface area contributed by atoms with E-state index in [0.717, 1.165) is 17.0 Å². The molecule has 4 rings (SSSR count). The van der Waals surface area contributed by atoms with Gasteiger partial charge in [0.05, 0.1) is 0 Å². The number of amides is 1. The van der Waals surface area contributed by atoms with Crippen LogP contribution in [-0.4, -0.2) is 55.0 Å². The highest BCUT2D eigenvalue weighted by Gasteiger charge is 2.32. The summed E-state index contributed by atoms with van der Waals surface area (Å²) in [5, 5.41) is 11.4. The molecule has 0 saturated carbocycles. The van der Waals surface area contributed by atoms with E-state index in [2.05, 4.69) is 20.4 Å². The molecule has 3 aromatic rings. The van der Waals surface area contributed by atoms with Gasteiger partial charge in [0, 0.05) is 47.5 Å². The number of anilines is 2. The first kappa shape index (κ1) is 22.0. The smallest absolute Gasteiger partial charge is 0.272 e. The van der Waals surface area contributed by atoms with Crippen LogP contribution in [0.25, 0.3) is 0 Å². The minimum absolute atomic E-state index is 0.107. The number of carbonyl (C=O) groups excluding carboxylic acids is 1. The molecule has 0 radical (unpaired) electrons. The lowest BCUT2D eigenvalue weighted by atomic mass is 10.2. The summed E-state index contributed by atoms with van der Waals surface area (Å²) in [5.41, 5.74) is 1.33. The molecular weight excluding hydrogens is 481 g/mol. The number of hydrogen-bond donors (Lipinski definition) is 1. The second-order valence-electron chi connectivity index (χ2n) is 6.71. The predicted molar refractivity (Wildman–Crippen MR) is 122 cm³/mol. The molecule has 1 N–H and O–H groups in total. The van der Waals surface area contributed by atoms with Gasteiger partial charge in [0.15, 0.2) is 0 Å². The molecule has 1 saturated heterocycles. The van der Waals surface area contributed by atoms with Crippen LogP contribution in [0.15, 0.2) is 52.9 Å². The van der Waals surface area contributed by atoms with Crippen molar-refractivity contribution in [2.75, 3.05) is 36.4 Å². The number of nitrogens with one attached hydrogen (secondary N) is 1. The van der Waals surface area contributed by atoms with Gasteiger partial charge in [-0.05, 0) is 42.5 Å². The zero-order valence-corrected chi connectivity index (χ0v) is 19.2. The van der Waals surface area contributed by atoms with E-state index in [0.29, 0.717) is 41.8 Å². The largest absolute Gasteiger partial charge is 0.369 e. The first-order valence-corrected chi connectivity index (χ1v) is 12.3. The Morgan fingerprint density at radius 2 is 1.68 bits per heavy atom. The SMILES string of the molecule is O=C(Nc1nnc(S(=O)(=O)N2CCN(c3cccc(Cl)c3)CC2)s1)c1ccc(Cl)cc1. The van der Waals surface area contributed by atoms with Crippen LogP contribution < -0.4 is 10.2 Å². The third-order valence-electron chi connectivity index (χ3n) is 4.71. The first-order valence-electron chi connectivity index (χ1n) is 9.24. The van der Waals surface area contributed by atoms with Gasteiger partial charge in [0.2, 0.25) is 9.47 Å². The van der Waals surface area contributed by atoms with Crippen LogP contribution in [-0.2, 0) is 10.0 Å². The zero-order chi connectivity index (χ0) is 22.0. The van der Waals surface area contributed by atoms with Gasteiger partial charge < -0.3 is 4.90 Å². The Labute approximate surface area is 193 Å². The number of hydrogen-bond acceptors (Lipinski definition) is 7. The summed E-state index contributed by atoms with van der Waals surface area (Å²) in [6.07, 6.45) is 0. The predicted octanol–water partition coefficient (Wildman–Crippen LogP) is 3.61. The van der Waals surface area contributed by atoms with Crippen LogP contribution in [0.5, 0.6) is 0 Å². The van der Waals surface area contributed by atoms with Gasteiger partial charge >= 0.3 is 0 Å². The number of halogens is 2. The molecule has 0 atom stereocenters. The fourth-order valence-electron chi connectivity index (χ4n) is 3.10. The van der Waals surface area contributed by atoms with Crippen molar-refractivity contribution in [1.29, 1.82) is 0 Å². The summed E-state index contributed by atoms with van der Waals surface area (Å²) in [4.78, 5) is 14.4. The third-order valence-corrected chi connectivity index (χ3v) is 8.28. The summed E-state index contributed by atoms with van der Waals surface area (Å²) in [6, 6.07) is 13.8. The Balaban J connectivity index is 1.41. The Bertz CT molecular complexity index is 1190. The van der Waals surface area contributed by atoms with Crippen molar-refractivity contribution in [2.45, 2.75) is 4.34 Å². The molecule has 0 unspecified atom stereocenters. The Kier molecular flexibility index (Phi) is 6.44. The molecular formula is C19H17Cl2N5O3S2. The summed E-state index contributed by atoms with van der Waals surface area (Å²) in [7, 11) is -3.80. The van der Waals surface area contributed by atoms with Gasteiger partial charge in [-0.25, -0.2) is 8.42 Å². The van der Waals surface area contributed by atoms with E-state index in [1.165, 1.54) is 4.31 Å². The van der Waals surface area contributed by atoms with Gasteiger partial charge in [-0.15, -0.1) is 10.2 Å². The quantitative estimate of drug-likeness (QED) is 0.540. The van der Waals surface area contributed by atoms with E-state index < -0.39 is 15.9 Å². The number of piperazine rings is 1. The van der Waals surface area contributed by atoms with E-state index >= 15 is 0 Å². The lowest BCUT2D eigenvalue weighted by Crippen LogP contribution is -2.48. The molecule has 12 heteroatoms. The molecule has 1 fully saturated rings. The normalized spacial score (nSPS) is 15.1. The molecule has 8 nitrogen and oxygen atoms in total. The number of rotatable bonds is 5. The average Bonchev–Trinajstić information content (AvgIpc) is 3.24. The Morgan fingerprint density at radius 1 is 0.968 bits per heavy atom. The molecule has 0 spiro atoms. The molecule has 0 bridgehead atoms. The van der Waals surface area contributed by atoms with Crippen LogP contribution in [0.3, 0.4) is 0 Å². The van der Waals surface area contributed by atoms with Crippen molar-refractivity contribution >= 4 is 61.3 Å². The summed E-state index contributed by atoms with van der Waals surface area (Å²) < 4.78 is 27.1. The van der Waals surface area contributed by atoms with Crippen LogP contribution >= 0.6 is 34.5 Å². The Morgan fingerprint density at radius 3 is 2.35 bits per heavy atom. The highest BCUT2D eigenvalue weighted by atomic mass is 35.5. The van der Waals surface area contributed by atoms with Crippen LogP contribution in [0.1, 0.15) is 10.4 Å². The highest BCUT2D eigenvalue weighted by molar-refractivity contribution is 7.91. The van der Waals surface area contributed by atoms with Gasteiger partial charge in [0.1, 0.15) is 0 Å². The van der Waals surface area contributed by atoms with Gasteiger partial charge in [-0.1, -0.05) is 40.6 Å². The van der Waals surface area contributed by atoms with E-state index in [1.54, 1.807) is 30.3 Å². The van der Waals surface area contributed by atoms with E-state index in [-0.39, 0.29) is 9.47 Å². The minimum atomic E-state index is -3.80. The standard InChI is InChI=1S/C19H17Cl2N5O3S2/c20-14-6-4-13(5-7-14)17(27)22-18-23-24-19(30-18)31(28,29)26-10-8-25(9-11-26)16-3-1-2-15(21)12-16/h1-7,12H,8-11H2,(H,22,23,27). The first-order chi connectivity index (χ1) is 14.8. The van der Waals surface area contributed by atoms with Crippen molar-refractivity contribution in [3.8, 4) is 0 Å². The average molecular weight is 498 g/mol. The molecule has 2 aromatic carbocycles. The summed E-state index contributed by atoms with van der Waals surface area (Å²) >= 11 is 12.7. The van der Waals surface area contributed by atoms with Crippen LogP contribution in [0, 0.1) is 0 Å². The number of nitrogens with zero attached hydrogens (tertiary/aromatic N) is 4. The Hall–Kier alpha value is -2.24. The maximum absolute atomic E-state index is 13.0. The van der Waals surface area contributed by atoms with Gasteiger partial charge in [-0.3, -0.25) is 10.1 Å². The number of benzene rings is 2. The molecule has 162 valence electrons. The van der Waals surface area contributed by atoms with E-state index in [1.807, 2.05) is 18.2 Å². The van der Waals surface area contributed by atoms with E-state index in [4.69, 9.17) is 23.2 Å². The van der Waals surface area contributed by atoms with Crippen molar-refractivity contribution in [3.63, 3.8) is 0 Å². The molecule has 1 aliphatic heterocycles. The molecule has 1 amide bonds. The summed E-state index contributed by atoms with van der Waals surface area (Å²) in [5.74, 6) is -0.424. The van der Waals surface area contributed by atoms with Crippen molar-refractivity contribution in [2.24, 2.45) is 0 Å². The number of aromatic nitrogens is 2. The lowest BCUT2D eigenvalue weighted by molar-refractivity contribution is 0.102. The van der Waals surface area contributed by atoms with Crippen LogP contribution in [0.4, 0.5) is 10.8 Å². The van der Waals surface area contributed by atoms with E-state index in [9.17, 15) is 13.2 Å². The van der Waals surface area contributed by atoms with Crippen molar-refractivity contribution < 1.29 is 13.2 Å². The minimum Gasteiger partial charge on any atom is -0.369 e. The molecule has 0 aliphatic carbocycles. The number of carbonyl (C=O) groups is 1. The molecule has 1 aliphatic rings. The second-order valence-corrected chi connectivity index (χ2v) is 10.7.